The van der Waals surface area contributed by atoms with Crippen LogP contribution in [-0.4, -0.2) is 63.9 Å². The van der Waals surface area contributed by atoms with Gasteiger partial charge in [0.25, 0.3) is 0 Å². The van der Waals surface area contributed by atoms with E-state index in [2.05, 4.69) is 4.98 Å². The van der Waals surface area contributed by atoms with Crippen LogP contribution in [-0.2, 0) is 19.4 Å². The number of aliphatic hydroxyl groups excluding tert-OH is 1. The van der Waals surface area contributed by atoms with E-state index in [1.165, 1.54) is 24.4 Å². The van der Waals surface area contributed by atoms with E-state index in [1.807, 2.05) is 0 Å². The van der Waals surface area contributed by atoms with Crippen molar-refractivity contribution < 1.29 is 62.6 Å². The van der Waals surface area contributed by atoms with Gasteiger partial charge in [-0.2, -0.15) is 0 Å². The molecule has 1 N–H and O–H groups in total. The molecule has 0 spiro atoms. The van der Waals surface area contributed by atoms with Crippen molar-refractivity contribution in [1.82, 2.24) is 14.3 Å². The van der Waals surface area contributed by atoms with Crippen LogP contribution >= 0.6 is 11.3 Å². The number of hydrogen-bond donors (Lipinski definition) is 1. The Balaban J connectivity index is 0.00000272. The number of Topliss-reactive ketones (excluding diaryl/α,β-unsaturated/α-hetero) is 1. The molecule has 4 atom stereocenters. The summed E-state index contributed by atoms with van der Waals surface area (Å²) >= 11 is 0.974. The molecule has 0 aromatic carbocycles. The first-order chi connectivity index (χ1) is 13.9. The Labute approximate surface area is 203 Å². The smallest absolute Gasteiger partial charge is 0.543 e. The molecule has 0 radical (unpaired) electrons. The fourth-order valence-corrected chi connectivity index (χ4v) is 6.73. The molecule has 0 bridgehead atoms. The van der Waals surface area contributed by atoms with Gasteiger partial charge in [-0.15, -0.1) is 11.3 Å². The number of aromatic nitrogens is 2. The van der Waals surface area contributed by atoms with Crippen LogP contribution in [0.1, 0.15) is 36.3 Å². The minimum Gasteiger partial charge on any atom is -0.543 e. The molecule has 0 aliphatic carbocycles. The van der Waals surface area contributed by atoms with Crippen LogP contribution in [0, 0.1) is 11.8 Å². The first-order valence-corrected chi connectivity index (χ1v) is 11.8. The predicted octanol–water partition coefficient (Wildman–Crippen LogP) is -3.68. The van der Waals surface area contributed by atoms with Crippen molar-refractivity contribution >= 4 is 49.2 Å². The standard InChI is InChI=1S/C18H19N3O7S2.Na/c1-6-10(13(18(25)26)21-12(6)11(7(2)22)16(21)24)9-5-20-14(8(3)23)19-15(17(20)29-9)30(4,27)28;/h5-7,11-12,22H,1-4H3,(H,25,26);/q;+1/p-1/t6-,7+,11?,12+;/m0./s1. The Kier molecular flexibility index (Phi) is 6.04. The van der Waals surface area contributed by atoms with E-state index in [9.17, 15) is 33.0 Å². The number of imidazole rings is 1. The number of aliphatic carboxylic acids is 1. The van der Waals surface area contributed by atoms with Crippen molar-refractivity contribution in [2.45, 2.75) is 37.9 Å². The van der Waals surface area contributed by atoms with E-state index in [0.29, 0.717) is 10.5 Å². The first-order valence-electron chi connectivity index (χ1n) is 9.06. The number of sulfone groups is 1. The van der Waals surface area contributed by atoms with Crippen molar-refractivity contribution in [3.63, 3.8) is 0 Å². The van der Waals surface area contributed by atoms with Gasteiger partial charge in [-0.1, -0.05) is 6.92 Å². The summed E-state index contributed by atoms with van der Waals surface area (Å²) in [6.07, 6.45) is 1.48. The molecule has 4 heterocycles. The molecule has 0 saturated carbocycles. The minimum absolute atomic E-state index is 0. The zero-order valence-corrected chi connectivity index (χ0v) is 21.1. The largest absolute Gasteiger partial charge is 1.00 e. The fourth-order valence-electron chi connectivity index (χ4n) is 4.36. The number of amides is 1. The molecular formula is C18H18N3NaO7S2. The van der Waals surface area contributed by atoms with Gasteiger partial charge >= 0.3 is 29.6 Å². The van der Waals surface area contributed by atoms with Crippen molar-refractivity contribution in [2.75, 3.05) is 6.26 Å². The number of rotatable bonds is 5. The molecule has 2 aliphatic rings. The first kappa shape index (κ1) is 24.1. The summed E-state index contributed by atoms with van der Waals surface area (Å²) in [7, 11) is -3.75. The summed E-state index contributed by atoms with van der Waals surface area (Å²) in [6, 6.07) is -0.540. The summed E-state index contributed by atoms with van der Waals surface area (Å²) in [6.45, 7) is 4.46. The third kappa shape index (κ3) is 3.40. The number of hydrogen-bond acceptors (Lipinski definition) is 9. The third-order valence-electron chi connectivity index (χ3n) is 5.59. The monoisotopic (exact) mass is 475 g/mol. The van der Waals surface area contributed by atoms with Crippen LogP contribution in [0.3, 0.4) is 0 Å². The van der Waals surface area contributed by atoms with Crippen molar-refractivity contribution in [3.8, 4) is 0 Å². The number of nitrogens with zero attached hydrogens (tertiary/aromatic N) is 3. The summed E-state index contributed by atoms with van der Waals surface area (Å²) < 4.78 is 25.6. The molecule has 1 fully saturated rings. The van der Waals surface area contributed by atoms with Gasteiger partial charge in [0, 0.05) is 30.9 Å². The summed E-state index contributed by atoms with van der Waals surface area (Å²) in [4.78, 5) is 42.0. The van der Waals surface area contributed by atoms with Crippen LogP contribution in [0.15, 0.2) is 16.9 Å². The van der Waals surface area contributed by atoms with Gasteiger partial charge in [-0.05, 0) is 6.92 Å². The fraction of sp³-hybridized carbons (Fsp3) is 0.444. The molecule has 4 rings (SSSR count). The number of carboxylic acid groups (broad SMARTS) is 1. The van der Waals surface area contributed by atoms with E-state index in [1.54, 1.807) is 6.92 Å². The SMILES string of the molecule is CC(=O)c1nc(S(C)(=O)=O)c2sc(C3=C(C(=O)[O-])N4C(=O)C([C@@H](C)O)[C@H]4[C@H]3C)cn12.[Na+]. The van der Waals surface area contributed by atoms with E-state index < -0.39 is 51.5 Å². The molecule has 1 amide bonds. The predicted molar refractivity (Wildman–Crippen MR) is 103 cm³/mol. The summed E-state index contributed by atoms with van der Waals surface area (Å²) in [5, 5.41) is 21.6. The Bertz CT molecular complexity index is 1270. The van der Waals surface area contributed by atoms with Gasteiger partial charge < -0.3 is 19.9 Å². The molecule has 1 saturated heterocycles. The number of carbonyl (C=O) groups excluding carboxylic acids is 3. The number of ketones is 1. The topological polar surface area (TPSA) is 149 Å². The van der Waals surface area contributed by atoms with Gasteiger partial charge in [-0.3, -0.25) is 14.0 Å². The zero-order chi connectivity index (χ0) is 22.3. The second kappa shape index (κ2) is 7.78. The van der Waals surface area contributed by atoms with Crippen LogP contribution < -0.4 is 34.7 Å². The second-order valence-electron chi connectivity index (χ2n) is 7.64. The molecule has 13 heteroatoms. The van der Waals surface area contributed by atoms with Crippen LogP contribution in [0.4, 0.5) is 0 Å². The average molecular weight is 475 g/mol. The molecule has 2 aromatic rings. The molecule has 2 aliphatic heterocycles. The third-order valence-corrected chi connectivity index (χ3v) is 7.83. The van der Waals surface area contributed by atoms with Crippen molar-refractivity contribution in [2.24, 2.45) is 11.8 Å². The Hall–Kier alpha value is -1.57. The molecule has 31 heavy (non-hydrogen) atoms. The van der Waals surface area contributed by atoms with E-state index in [0.717, 1.165) is 22.5 Å². The molecular weight excluding hydrogens is 457 g/mol. The average Bonchev–Trinajstić information content (AvgIpc) is 3.21. The van der Waals surface area contributed by atoms with E-state index in [-0.39, 0.29) is 50.9 Å². The van der Waals surface area contributed by atoms with Gasteiger partial charge in [0.05, 0.1) is 34.6 Å². The normalized spacial score (nSPS) is 24.1. The molecule has 1 unspecified atom stereocenters. The second-order valence-corrected chi connectivity index (χ2v) is 10.6. The number of fused-ring (bicyclic) bond motifs is 2. The van der Waals surface area contributed by atoms with Gasteiger partial charge in [0.15, 0.2) is 26.5 Å². The van der Waals surface area contributed by atoms with Crippen LogP contribution in [0.25, 0.3) is 10.4 Å². The van der Waals surface area contributed by atoms with Crippen molar-refractivity contribution in [1.29, 1.82) is 0 Å². The molecule has 10 nitrogen and oxygen atoms in total. The molecule has 2 aromatic heterocycles. The maximum atomic E-state index is 12.5. The van der Waals surface area contributed by atoms with E-state index >= 15 is 0 Å². The maximum absolute atomic E-state index is 12.5. The minimum atomic E-state index is -3.75. The number of carbonyl (C=O) groups is 3. The Morgan fingerprint density at radius 3 is 2.45 bits per heavy atom. The van der Waals surface area contributed by atoms with Gasteiger partial charge in [0.2, 0.25) is 5.91 Å². The number of aliphatic hydroxyl groups is 1. The number of β-lactam (4-membered cyclic amide) rings is 1. The van der Waals surface area contributed by atoms with Crippen molar-refractivity contribution in [3.05, 3.63) is 22.6 Å². The Morgan fingerprint density at radius 1 is 1.35 bits per heavy atom. The quantitative estimate of drug-likeness (QED) is 0.264. The summed E-state index contributed by atoms with van der Waals surface area (Å²) in [5.74, 6) is -3.76. The van der Waals surface area contributed by atoms with Gasteiger partial charge in [0.1, 0.15) is 4.83 Å². The molecule has 160 valence electrons. The van der Waals surface area contributed by atoms with Crippen LogP contribution in [0.5, 0.6) is 0 Å². The zero-order valence-electron chi connectivity index (χ0n) is 17.4. The maximum Gasteiger partial charge on any atom is 1.00 e. The number of thiazole rings is 1. The summed E-state index contributed by atoms with van der Waals surface area (Å²) in [5.41, 5.74) is 0.0105. The van der Waals surface area contributed by atoms with Crippen LogP contribution in [0.2, 0.25) is 0 Å². The Morgan fingerprint density at radius 2 is 1.97 bits per heavy atom. The van der Waals surface area contributed by atoms with Gasteiger partial charge in [-0.25, -0.2) is 13.4 Å². The number of carboxylic acids is 1. The van der Waals surface area contributed by atoms with E-state index in [4.69, 9.17) is 0 Å².